The summed E-state index contributed by atoms with van der Waals surface area (Å²) in [5.41, 5.74) is 4.33. The fourth-order valence-electron chi connectivity index (χ4n) is 2.98. The Kier molecular flexibility index (Phi) is 5.24. The van der Waals surface area contributed by atoms with E-state index in [1.807, 2.05) is 48.5 Å². The highest BCUT2D eigenvalue weighted by molar-refractivity contribution is 5.82. The monoisotopic (exact) mass is 393 g/mol. The molecule has 0 radical (unpaired) electrons. The van der Waals surface area contributed by atoms with Gasteiger partial charge in [0.1, 0.15) is 5.52 Å². The molecule has 1 aromatic heterocycles. The topological polar surface area (TPSA) is 44.5 Å². The second kappa shape index (κ2) is 8.14. The molecular formula is C23H17F2NO3. The smallest absolute Gasteiger partial charge is 0.387 e. The normalized spacial score (nSPS) is 11.4. The van der Waals surface area contributed by atoms with Gasteiger partial charge in [-0.2, -0.15) is 8.78 Å². The lowest BCUT2D eigenvalue weighted by molar-refractivity contribution is -0.0512. The van der Waals surface area contributed by atoms with E-state index >= 15 is 0 Å². The fraction of sp³-hybridized carbons (Fsp3) is 0.0870. The van der Waals surface area contributed by atoms with Gasteiger partial charge in [0.15, 0.2) is 17.1 Å². The van der Waals surface area contributed by atoms with Crippen molar-refractivity contribution in [3.63, 3.8) is 0 Å². The maximum atomic E-state index is 12.4. The van der Waals surface area contributed by atoms with Crippen LogP contribution in [0.3, 0.4) is 0 Å². The second-order valence-electron chi connectivity index (χ2n) is 6.22. The van der Waals surface area contributed by atoms with E-state index in [9.17, 15) is 8.78 Å². The molecule has 4 nitrogen and oxygen atoms in total. The number of fused-ring (bicyclic) bond motifs is 1. The minimum Gasteiger partial charge on any atom is -0.493 e. The van der Waals surface area contributed by atoms with Crippen LogP contribution in [0.5, 0.6) is 11.5 Å². The number of halogens is 2. The lowest BCUT2D eigenvalue weighted by atomic mass is 10.1. The molecule has 0 fully saturated rings. The molecule has 0 saturated heterocycles. The summed E-state index contributed by atoms with van der Waals surface area (Å²) >= 11 is 0. The van der Waals surface area contributed by atoms with Crippen LogP contribution in [0.1, 0.15) is 11.5 Å². The highest BCUT2D eigenvalue weighted by Crippen LogP contribution is 2.30. The van der Waals surface area contributed by atoms with Crippen molar-refractivity contribution in [2.24, 2.45) is 0 Å². The van der Waals surface area contributed by atoms with Gasteiger partial charge in [-0.1, -0.05) is 42.5 Å². The Hall–Kier alpha value is -3.67. The molecule has 0 amide bonds. The van der Waals surface area contributed by atoms with Crippen LogP contribution in [-0.4, -0.2) is 18.7 Å². The number of alkyl halides is 2. The molecule has 0 unspecified atom stereocenters. The number of oxazole rings is 1. The first-order valence-corrected chi connectivity index (χ1v) is 8.89. The molecule has 0 aliphatic carbocycles. The summed E-state index contributed by atoms with van der Waals surface area (Å²) in [4.78, 5) is 4.50. The third-order valence-corrected chi connectivity index (χ3v) is 4.33. The van der Waals surface area contributed by atoms with Gasteiger partial charge in [-0.25, -0.2) is 4.98 Å². The zero-order valence-electron chi connectivity index (χ0n) is 15.5. The number of aromatic nitrogens is 1. The number of ether oxygens (including phenoxy) is 2. The predicted octanol–water partition coefficient (Wildman–Crippen LogP) is 6.28. The molecule has 0 atom stereocenters. The molecule has 4 aromatic rings. The first kappa shape index (κ1) is 18.7. The van der Waals surface area contributed by atoms with Crippen LogP contribution in [0, 0.1) is 0 Å². The Balaban J connectivity index is 1.58. The molecule has 0 N–H and O–H groups in total. The van der Waals surface area contributed by atoms with E-state index in [2.05, 4.69) is 9.72 Å². The molecule has 0 saturated carbocycles. The van der Waals surface area contributed by atoms with Gasteiger partial charge >= 0.3 is 6.61 Å². The minimum atomic E-state index is -2.91. The van der Waals surface area contributed by atoms with Gasteiger partial charge in [-0.3, -0.25) is 0 Å². The third kappa shape index (κ3) is 4.27. The molecule has 0 bridgehead atoms. The Morgan fingerprint density at radius 1 is 0.897 bits per heavy atom. The van der Waals surface area contributed by atoms with Crippen molar-refractivity contribution in [3.8, 4) is 22.6 Å². The molecule has 146 valence electrons. The van der Waals surface area contributed by atoms with Gasteiger partial charge < -0.3 is 13.9 Å². The van der Waals surface area contributed by atoms with Crippen LogP contribution < -0.4 is 9.47 Å². The summed E-state index contributed by atoms with van der Waals surface area (Å²) in [6.07, 6.45) is 3.47. The number of hydrogen-bond donors (Lipinski definition) is 0. The van der Waals surface area contributed by atoms with Crippen LogP contribution in [0.25, 0.3) is 34.4 Å². The Morgan fingerprint density at radius 2 is 1.72 bits per heavy atom. The molecule has 6 heteroatoms. The summed E-state index contributed by atoms with van der Waals surface area (Å²) in [5, 5.41) is 0. The van der Waals surface area contributed by atoms with Crippen LogP contribution in [0.15, 0.2) is 71.1 Å². The van der Waals surface area contributed by atoms with E-state index in [1.54, 1.807) is 24.3 Å². The lowest BCUT2D eigenvalue weighted by Crippen LogP contribution is -2.03. The summed E-state index contributed by atoms with van der Waals surface area (Å²) < 4.78 is 40.2. The van der Waals surface area contributed by atoms with Gasteiger partial charge in [0, 0.05) is 6.08 Å². The van der Waals surface area contributed by atoms with E-state index in [1.165, 1.54) is 13.2 Å². The predicted molar refractivity (Wildman–Crippen MR) is 108 cm³/mol. The summed E-state index contributed by atoms with van der Waals surface area (Å²) in [6, 6.07) is 20.6. The number of rotatable bonds is 6. The van der Waals surface area contributed by atoms with Crippen molar-refractivity contribution in [2.45, 2.75) is 6.61 Å². The quantitative estimate of drug-likeness (QED) is 0.387. The number of benzene rings is 3. The highest BCUT2D eigenvalue weighted by Gasteiger charge is 2.11. The average molecular weight is 393 g/mol. The Bertz CT molecular complexity index is 1150. The summed E-state index contributed by atoms with van der Waals surface area (Å²) in [6.45, 7) is -2.91. The average Bonchev–Trinajstić information content (AvgIpc) is 3.15. The van der Waals surface area contributed by atoms with Crippen molar-refractivity contribution in [1.82, 2.24) is 4.98 Å². The van der Waals surface area contributed by atoms with E-state index in [0.717, 1.165) is 22.2 Å². The van der Waals surface area contributed by atoms with Crippen molar-refractivity contribution in [1.29, 1.82) is 0 Å². The standard InChI is InChI=1S/C23H17F2NO3/c1-27-21-13-15(7-10-20(21)29-23(24)25)8-12-22-26-18-14-17(9-11-19(18)28-22)16-5-3-2-4-6-16/h2-14,23H,1H3. The first-order valence-electron chi connectivity index (χ1n) is 8.89. The van der Waals surface area contributed by atoms with Gasteiger partial charge in [-0.15, -0.1) is 0 Å². The van der Waals surface area contributed by atoms with Gasteiger partial charge in [0.05, 0.1) is 7.11 Å². The van der Waals surface area contributed by atoms with Crippen molar-refractivity contribution in [3.05, 3.63) is 78.2 Å². The third-order valence-electron chi connectivity index (χ3n) is 4.33. The van der Waals surface area contributed by atoms with Gasteiger partial charge in [0.25, 0.3) is 0 Å². The Morgan fingerprint density at radius 3 is 2.48 bits per heavy atom. The van der Waals surface area contributed by atoms with Crippen LogP contribution in [0.2, 0.25) is 0 Å². The molecule has 4 rings (SSSR count). The number of methoxy groups -OCH3 is 1. The summed E-state index contributed by atoms with van der Waals surface area (Å²) in [5.74, 6) is 0.643. The molecular weight excluding hydrogens is 376 g/mol. The first-order chi connectivity index (χ1) is 14.1. The molecule has 0 aliphatic heterocycles. The second-order valence-corrected chi connectivity index (χ2v) is 6.22. The van der Waals surface area contributed by atoms with Crippen molar-refractivity contribution < 1.29 is 22.7 Å². The molecule has 0 spiro atoms. The van der Waals surface area contributed by atoms with Crippen molar-refractivity contribution in [2.75, 3.05) is 7.11 Å². The van der Waals surface area contributed by atoms with E-state index in [0.29, 0.717) is 11.5 Å². The van der Waals surface area contributed by atoms with Gasteiger partial charge in [0.2, 0.25) is 5.89 Å². The van der Waals surface area contributed by atoms with Crippen LogP contribution in [-0.2, 0) is 0 Å². The van der Waals surface area contributed by atoms with Crippen molar-refractivity contribution >= 4 is 23.3 Å². The maximum Gasteiger partial charge on any atom is 0.387 e. The van der Waals surface area contributed by atoms with Crippen LogP contribution >= 0.6 is 0 Å². The molecule has 0 aliphatic rings. The number of nitrogens with zero attached hydrogens (tertiary/aromatic N) is 1. The molecule has 29 heavy (non-hydrogen) atoms. The zero-order valence-corrected chi connectivity index (χ0v) is 15.5. The molecule has 3 aromatic carbocycles. The fourth-order valence-corrected chi connectivity index (χ4v) is 2.98. The molecule has 1 heterocycles. The van der Waals surface area contributed by atoms with E-state index < -0.39 is 6.61 Å². The zero-order chi connectivity index (χ0) is 20.2. The maximum absolute atomic E-state index is 12.4. The van der Waals surface area contributed by atoms with Gasteiger partial charge in [-0.05, 0) is 47.0 Å². The summed E-state index contributed by atoms with van der Waals surface area (Å²) in [7, 11) is 1.40. The highest BCUT2D eigenvalue weighted by atomic mass is 19.3. The lowest BCUT2D eigenvalue weighted by Gasteiger charge is -2.10. The minimum absolute atomic E-state index is 0.0186. The van der Waals surface area contributed by atoms with E-state index in [-0.39, 0.29) is 11.5 Å². The number of hydrogen-bond acceptors (Lipinski definition) is 4. The van der Waals surface area contributed by atoms with E-state index in [4.69, 9.17) is 9.15 Å². The van der Waals surface area contributed by atoms with Crippen LogP contribution in [0.4, 0.5) is 8.78 Å². The SMILES string of the molecule is COc1cc(C=Cc2nc3cc(-c4ccccc4)ccc3o2)ccc1OC(F)F. The Labute approximate surface area is 166 Å². The largest absolute Gasteiger partial charge is 0.493 e.